The summed E-state index contributed by atoms with van der Waals surface area (Å²) in [6.07, 6.45) is -3.94. The van der Waals surface area contributed by atoms with E-state index in [1.807, 2.05) is 0 Å². The Labute approximate surface area is 62.4 Å². The highest BCUT2D eigenvalue weighted by molar-refractivity contribution is 6.21. The van der Waals surface area contributed by atoms with Gasteiger partial charge in [-0.2, -0.15) is 13.2 Å². The summed E-state index contributed by atoms with van der Waals surface area (Å²) in [4.78, 5) is 0. The second-order valence-electron chi connectivity index (χ2n) is 3.06. The van der Waals surface area contributed by atoms with Crippen LogP contribution in [0.1, 0.15) is 19.8 Å². The first-order valence-electron chi connectivity index (χ1n) is 3.06. The second kappa shape index (κ2) is 2.03. The summed E-state index contributed by atoms with van der Waals surface area (Å²) in [5, 5.41) is -0.272. The van der Waals surface area contributed by atoms with Crippen molar-refractivity contribution >= 4 is 11.6 Å². The summed E-state index contributed by atoms with van der Waals surface area (Å²) >= 11 is 5.44. The van der Waals surface area contributed by atoms with Crippen molar-refractivity contribution in [3.63, 3.8) is 0 Å². The van der Waals surface area contributed by atoms with Crippen LogP contribution < -0.4 is 0 Å². The van der Waals surface area contributed by atoms with Gasteiger partial charge in [0.05, 0.1) is 5.41 Å². The fourth-order valence-electron chi connectivity index (χ4n) is 1.15. The van der Waals surface area contributed by atoms with Gasteiger partial charge in [0, 0.05) is 5.38 Å². The Hall–Kier alpha value is 0.0800. The maximum absolute atomic E-state index is 12.0. The highest BCUT2D eigenvalue weighted by Gasteiger charge is 2.58. The lowest BCUT2D eigenvalue weighted by Crippen LogP contribution is -2.46. The Bertz CT molecular complexity index is 134. The Balaban J connectivity index is 2.57. The van der Waals surface area contributed by atoms with Crippen molar-refractivity contribution in [1.29, 1.82) is 0 Å². The largest absolute Gasteiger partial charge is 0.394 e. The SMILES string of the molecule is CC1(C(F)(F)F)CC(Cl)C1. The second-order valence-corrected chi connectivity index (χ2v) is 3.68. The molecule has 1 aliphatic rings. The van der Waals surface area contributed by atoms with Gasteiger partial charge in [0.2, 0.25) is 0 Å². The van der Waals surface area contributed by atoms with Crippen LogP contribution in [0.15, 0.2) is 0 Å². The lowest BCUT2D eigenvalue weighted by Gasteiger charge is -2.43. The molecular weight excluding hydrogens is 165 g/mol. The van der Waals surface area contributed by atoms with Crippen LogP contribution in [0.4, 0.5) is 13.2 Å². The molecule has 0 aromatic rings. The van der Waals surface area contributed by atoms with Crippen LogP contribution in [0.25, 0.3) is 0 Å². The third-order valence-corrected chi connectivity index (χ3v) is 2.34. The van der Waals surface area contributed by atoms with Crippen molar-refractivity contribution in [2.75, 3.05) is 0 Å². The zero-order valence-electron chi connectivity index (χ0n) is 5.50. The van der Waals surface area contributed by atoms with Gasteiger partial charge >= 0.3 is 6.18 Å². The molecule has 0 aromatic heterocycles. The average molecular weight is 173 g/mol. The zero-order valence-corrected chi connectivity index (χ0v) is 6.26. The van der Waals surface area contributed by atoms with Crippen molar-refractivity contribution < 1.29 is 13.2 Å². The number of hydrogen-bond donors (Lipinski definition) is 0. The van der Waals surface area contributed by atoms with Gasteiger partial charge < -0.3 is 0 Å². The maximum Gasteiger partial charge on any atom is 0.394 e. The molecule has 0 aromatic carbocycles. The van der Waals surface area contributed by atoms with E-state index in [0.717, 1.165) is 0 Å². The van der Waals surface area contributed by atoms with Crippen molar-refractivity contribution in [3.8, 4) is 0 Å². The molecule has 0 bridgehead atoms. The van der Waals surface area contributed by atoms with Gasteiger partial charge in [-0.05, 0) is 12.8 Å². The molecule has 0 saturated heterocycles. The Kier molecular flexibility index (Phi) is 1.66. The van der Waals surface area contributed by atoms with E-state index in [-0.39, 0.29) is 18.2 Å². The van der Waals surface area contributed by atoms with Crippen LogP contribution in [-0.2, 0) is 0 Å². The minimum atomic E-state index is -4.07. The summed E-state index contributed by atoms with van der Waals surface area (Å²) in [5.74, 6) is 0. The molecular formula is C6H8ClF3. The van der Waals surface area contributed by atoms with E-state index in [9.17, 15) is 13.2 Å². The summed E-state index contributed by atoms with van der Waals surface area (Å²) in [5.41, 5.74) is -1.50. The molecule has 0 aliphatic heterocycles. The molecule has 10 heavy (non-hydrogen) atoms. The topological polar surface area (TPSA) is 0 Å². The standard InChI is InChI=1S/C6H8ClF3/c1-5(6(8,9)10)2-4(7)3-5/h4H,2-3H2,1H3. The molecule has 0 radical (unpaired) electrons. The summed E-state index contributed by atoms with van der Waals surface area (Å²) in [6, 6.07) is 0. The van der Waals surface area contributed by atoms with Crippen molar-refractivity contribution in [1.82, 2.24) is 0 Å². The maximum atomic E-state index is 12.0. The van der Waals surface area contributed by atoms with E-state index in [1.54, 1.807) is 0 Å². The minimum absolute atomic E-state index is 0.0675. The Morgan fingerprint density at radius 3 is 1.90 bits per heavy atom. The molecule has 4 heteroatoms. The molecule has 0 heterocycles. The normalized spacial score (nSPS) is 41.1. The first-order chi connectivity index (χ1) is 4.35. The van der Waals surface area contributed by atoms with Gasteiger partial charge in [-0.25, -0.2) is 0 Å². The molecule has 1 aliphatic carbocycles. The fraction of sp³-hybridized carbons (Fsp3) is 1.00. The summed E-state index contributed by atoms with van der Waals surface area (Å²) in [6.45, 7) is 1.21. The van der Waals surface area contributed by atoms with Crippen LogP contribution in [-0.4, -0.2) is 11.6 Å². The predicted octanol–water partition coefficient (Wildman–Crippen LogP) is 2.96. The monoisotopic (exact) mass is 172 g/mol. The molecule has 0 nitrogen and oxygen atoms in total. The van der Waals surface area contributed by atoms with E-state index < -0.39 is 11.6 Å². The summed E-state index contributed by atoms with van der Waals surface area (Å²) in [7, 11) is 0. The third-order valence-electron chi connectivity index (χ3n) is 2.03. The van der Waals surface area contributed by atoms with E-state index in [2.05, 4.69) is 0 Å². The molecule has 1 fully saturated rings. The molecule has 0 amide bonds. The first kappa shape index (κ1) is 8.18. The van der Waals surface area contributed by atoms with Crippen LogP contribution in [0.2, 0.25) is 0 Å². The molecule has 0 spiro atoms. The molecule has 0 unspecified atom stereocenters. The zero-order chi connectivity index (χ0) is 7.99. The highest BCUT2D eigenvalue weighted by atomic mass is 35.5. The number of rotatable bonds is 0. The minimum Gasteiger partial charge on any atom is -0.171 e. The third kappa shape index (κ3) is 1.11. The van der Waals surface area contributed by atoms with Crippen LogP contribution in [0.5, 0.6) is 0 Å². The van der Waals surface area contributed by atoms with Gasteiger partial charge in [0.1, 0.15) is 0 Å². The first-order valence-corrected chi connectivity index (χ1v) is 3.50. The van der Waals surface area contributed by atoms with Crippen molar-refractivity contribution in [3.05, 3.63) is 0 Å². The molecule has 1 rings (SSSR count). The quantitative estimate of drug-likeness (QED) is 0.493. The lowest BCUT2D eigenvalue weighted by molar-refractivity contribution is -0.241. The molecule has 60 valence electrons. The molecule has 0 atom stereocenters. The van der Waals surface area contributed by atoms with Gasteiger partial charge in [-0.3, -0.25) is 0 Å². The van der Waals surface area contributed by atoms with Gasteiger partial charge in [0.25, 0.3) is 0 Å². The molecule has 1 saturated carbocycles. The highest BCUT2D eigenvalue weighted by Crippen LogP contribution is 2.54. The van der Waals surface area contributed by atoms with Gasteiger partial charge in [-0.1, -0.05) is 6.92 Å². The van der Waals surface area contributed by atoms with E-state index in [1.165, 1.54) is 6.92 Å². The average Bonchev–Trinajstić information content (AvgIpc) is 1.58. The van der Waals surface area contributed by atoms with Gasteiger partial charge in [0.15, 0.2) is 0 Å². The fourth-order valence-corrected chi connectivity index (χ4v) is 1.83. The number of halogens is 4. The number of alkyl halides is 4. The van der Waals surface area contributed by atoms with E-state index >= 15 is 0 Å². The number of hydrogen-bond acceptors (Lipinski definition) is 0. The Morgan fingerprint density at radius 1 is 1.40 bits per heavy atom. The Morgan fingerprint density at radius 2 is 1.80 bits per heavy atom. The van der Waals surface area contributed by atoms with Crippen molar-refractivity contribution in [2.45, 2.75) is 31.3 Å². The summed E-state index contributed by atoms with van der Waals surface area (Å²) < 4.78 is 36.0. The van der Waals surface area contributed by atoms with E-state index in [0.29, 0.717) is 0 Å². The predicted molar refractivity (Wildman–Crippen MR) is 33.0 cm³/mol. The van der Waals surface area contributed by atoms with Crippen LogP contribution in [0, 0.1) is 5.41 Å². The lowest BCUT2D eigenvalue weighted by atomic mass is 9.69. The van der Waals surface area contributed by atoms with Gasteiger partial charge in [-0.15, -0.1) is 11.6 Å². The van der Waals surface area contributed by atoms with Crippen LogP contribution >= 0.6 is 11.6 Å². The van der Waals surface area contributed by atoms with E-state index in [4.69, 9.17) is 11.6 Å². The molecule has 0 N–H and O–H groups in total. The van der Waals surface area contributed by atoms with Crippen LogP contribution in [0.3, 0.4) is 0 Å². The van der Waals surface area contributed by atoms with Crippen molar-refractivity contribution in [2.24, 2.45) is 5.41 Å². The smallest absolute Gasteiger partial charge is 0.171 e.